The van der Waals surface area contributed by atoms with E-state index < -0.39 is 5.54 Å². The van der Waals surface area contributed by atoms with Gasteiger partial charge in [0.25, 0.3) is 5.91 Å². The first-order valence-electron chi connectivity index (χ1n) is 13.2. The molecule has 0 atom stereocenters. The van der Waals surface area contributed by atoms with Gasteiger partial charge in [0, 0.05) is 49.2 Å². The lowest BCUT2D eigenvalue weighted by Gasteiger charge is -2.35. The van der Waals surface area contributed by atoms with Crippen LogP contribution in [0.5, 0.6) is 11.5 Å². The number of carbonyl (C=O) groups excluding carboxylic acids is 1. The SMILES string of the molecule is CC(C)(CN1CCOCC1)NC(=O)c1cccc(Oc2ccc(Nc3ncnc4ccn(CCO)c34)cc2Cl)c1.Cl.Cl. The van der Waals surface area contributed by atoms with Gasteiger partial charge >= 0.3 is 0 Å². The number of morpholine rings is 1. The van der Waals surface area contributed by atoms with Crippen molar-refractivity contribution in [3.8, 4) is 11.5 Å². The monoisotopic (exact) mass is 636 g/mol. The number of halogens is 3. The van der Waals surface area contributed by atoms with E-state index in [1.165, 1.54) is 6.33 Å². The number of fused-ring (bicyclic) bond motifs is 1. The van der Waals surface area contributed by atoms with Crippen molar-refractivity contribution in [2.75, 3.05) is 44.8 Å². The number of nitrogens with zero attached hydrogens (tertiary/aromatic N) is 4. The van der Waals surface area contributed by atoms with Crippen LogP contribution < -0.4 is 15.4 Å². The molecule has 226 valence electrons. The zero-order valence-electron chi connectivity index (χ0n) is 23.4. The molecule has 2 aromatic heterocycles. The summed E-state index contributed by atoms with van der Waals surface area (Å²) in [5.74, 6) is 1.38. The molecular formula is C29H35Cl3N6O4. The average Bonchev–Trinajstić information content (AvgIpc) is 3.34. The summed E-state index contributed by atoms with van der Waals surface area (Å²) in [6.45, 7) is 8.36. The van der Waals surface area contributed by atoms with Crippen LogP contribution in [0.25, 0.3) is 11.0 Å². The summed E-state index contributed by atoms with van der Waals surface area (Å²) in [5, 5.41) is 16.2. The number of amides is 1. The third-order valence-electron chi connectivity index (χ3n) is 6.58. The largest absolute Gasteiger partial charge is 0.456 e. The number of aliphatic hydroxyl groups is 1. The molecule has 1 aliphatic rings. The Bertz CT molecular complexity index is 1490. The van der Waals surface area contributed by atoms with Crippen LogP contribution in [-0.4, -0.2) is 75.4 Å². The Kier molecular flexibility index (Phi) is 11.8. The molecule has 5 rings (SSSR count). The number of rotatable bonds is 10. The molecule has 42 heavy (non-hydrogen) atoms. The van der Waals surface area contributed by atoms with Gasteiger partial charge in [-0.1, -0.05) is 17.7 Å². The molecule has 4 aromatic rings. The smallest absolute Gasteiger partial charge is 0.251 e. The molecule has 0 radical (unpaired) electrons. The fourth-order valence-electron chi connectivity index (χ4n) is 4.78. The Balaban J connectivity index is 0.00000242. The maximum absolute atomic E-state index is 13.1. The first kappa shape index (κ1) is 33.4. The Labute approximate surface area is 262 Å². The lowest BCUT2D eigenvalue weighted by molar-refractivity contribution is 0.0269. The van der Waals surface area contributed by atoms with Crippen LogP contribution >= 0.6 is 36.4 Å². The molecule has 0 saturated carbocycles. The van der Waals surface area contributed by atoms with Crippen molar-refractivity contribution in [1.29, 1.82) is 0 Å². The molecule has 13 heteroatoms. The summed E-state index contributed by atoms with van der Waals surface area (Å²) in [5.41, 5.74) is 2.36. The van der Waals surface area contributed by atoms with Crippen LogP contribution in [-0.2, 0) is 11.3 Å². The molecule has 1 saturated heterocycles. The highest BCUT2D eigenvalue weighted by molar-refractivity contribution is 6.32. The van der Waals surface area contributed by atoms with Gasteiger partial charge in [-0.25, -0.2) is 9.97 Å². The minimum Gasteiger partial charge on any atom is -0.456 e. The van der Waals surface area contributed by atoms with Crippen molar-refractivity contribution in [3.05, 3.63) is 71.6 Å². The summed E-state index contributed by atoms with van der Waals surface area (Å²) >= 11 is 6.58. The van der Waals surface area contributed by atoms with Gasteiger partial charge in [-0.05, 0) is 56.3 Å². The second kappa shape index (κ2) is 14.9. The molecule has 10 nitrogen and oxygen atoms in total. The highest BCUT2D eigenvalue weighted by Crippen LogP contribution is 2.33. The number of benzene rings is 2. The summed E-state index contributed by atoms with van der Waals surface area (Å²) in [6, 6.07) is 14.2. The second-order valence-electron chi connectivity index (χ2n) is 10.3. The van der Waals surface area contributed by atoms with Crippen molar-refractivity contribution in [2.45, 2.75) is 25.9 Å². The number of aliphatic hydroxyl groups excluding tert-OH is 1. The fraction of sp³-hybridized carbons (Fsp3) is 0.345. The van der Waals surface area contributed by atoms with Gasteiger partial charge in [-0.2, -0.15) is 0 Å². The standard InChI is InChI=1S/C29H33ClN6O4.2ClH/c1-29(2,18-35-11-14-39-15-12-35)34-28(38)20-4-3-5-22(16-20)40-25-7-6-21(17-23(25)30)33-27-26-24(31-19-32-27)8-9-36(26)10-13-37;;/h3-9,16-17,19,37H,10-15,18H2,1-2H3,(H,34,38)(H,31,32,33);2*1H. The molecule has 2 aromatic carbocycles. The van der Waals surface area contributed by atoms with E-state index in [2.05, 4.69) is 25.5 Å². The van der Waals surface area contributed by atoms with Gasteiger partial charge < -0.3 is 29.8 Å². The van der Waals surface area contributed by atoms with Gasteiger partial charge in [0.15, 0.2) is 5.82 Å². The first-order valence-corrected chi connectivity index (χ1v) is 13.6. The van der Waals surface area contributed by atoms with Crippen LogP contribution in [0, 0.1) is 0 Å². The number of hydrogen-bond donors (Lipinski definition) is 3. The van der Waals surface area contributed by atoms with Crippen LogP contribution in [0.2, 0.25) is 5.02 Å². The van der Waals surface area contributed by atoms with E-state index in [0.29, 0.717) is 53.3 Å². The van der Waals surface area contributed by atoms with Crippen molar-refractivity contribution in [2.24, 2.45) is 0 Å². The third-order valence-corrected chi connectivity index (χ3v) is 6.88. The molecule has 3 heterocycles. The zero-order valence-corrected chi connectivity index (χ0v) is 25.8. The van der Waals surface area contributed by atoms with E-state index in [1.807, 2.05) is 36.7 Å². The number of nitrogens with one attached hydrogen (secondary N) is 2. The van der Waals surface area contributed by atoms with E-state index in [0.717, 1.165) is 30.7 Å². The van der Waals surface area contributed by atoms with Gasteiger partial charge in [-0.3, -0.25) is 9.69 Å². The second-order valence-corrected chi connectivity index (χ2v) is 10.7. The van der Waals surface area contributed by atoms with Gasteiger partial charge in [-0.15, -0.1) is 24.8 Å². The van der Waals surface area contributed by atoms with Gasteiger partial charge in [0.2, 0.25) is 0 Å². The molecule has 3 N–H and O–H groups in total. The van der Waals surface area contributed by atoms with Crippen LogP contribution in [0.4, 0.5) is 11.5 Å². The minimum absolute atomic E-state index is 0. The highest BCUT2D eigenvalue weighted by Gasteiger charge is 2.25. The molecule has 1 aliphatic heterocycles. The summed E-state index contributed by atoms with van der Waals surface area (Å²) in [4.78, 5) is 24.0. The normalized spacial score (nSPS) is 13.6. The topological polar surface area (TPSA) is 114 Å². The van der Waals surface area contributed by atoms with Crippen molar-refractivity contribution in [1.82, 2.24) is 24.8 Å². The number of ether oxygens (including phenoxy) is 2. The Hall–Kier alpha value is -3.12. The molecule has 0 unspecified atom stereocenters. The van der Waals surface area contributed by atoms with E-state index in [4.69, 9.17) is 21.1 Å². The molecule has 0 spiro atoms. The quantitative estimate of drug-likeness (QED) is 0.215. The number of carbonyl (C=O) groups is 1. The maximum Gasteiger partial charge on any atom is 0.251 e. The molecule has 1 amide bonds. The number of hydrogen-bond acceptors (Lipinski definition) is 8. The Morgan fingerprint density at radius 3 is 2.64 bits per heavy atom. The lowest BCUT2D eigenvalue weighted by Crippen LogP contribution is -2.53. The Morgan fingerprint density at radius 2 is 1.90 bits per heavy atom. The number of anilines is 2. The summed E-state index contributed by atoms with van der Waals surface area (Å²) in [6.07, 6.45) is 3.35. The van der Waals surface area contributed by atoms with Crippen molar-refractivity contribution in [3.63, 3.8) is 0 Å². The fourth-order valence-corrected chi connectivity index (χ4v) is 5.00. The van der Waals surface area contributed by atoms with Gasteiger partial charge in [0.05, 0.1) is 30.4 Å². The molecular weight excluding hydrogens is 603 g/mol. The van der Waals surface area contributed by atoms with E-state index >= 15 is 0 Å². The predicted molar refractivity (Wildman–Crippen MR) is 169 cm³/mol. The van der Waals surface area contributed by atoms with Crippen LogP contribution in [0.15, 0.2) is 61.1 Å². The van der Waals surface area contributed by atoms with Crippen molar-refractivity contribution < 1.29 is 19.4 Å². The number of aromatic nitrogens is 3. The van der Waals surface area contributed by atoms with Crippen LogP contribution in [0.3, 0.4) is 0 Å². The molecule has 0 bridgehead atoms. The minimum atomic E-state index is -0.410. The van der Waals surface area contributed by atoms with E-state index in [-0.39, 0.29) is 37.3 Å². The summed E-state index contributed by atoms with van der Waals surface area (Å²) in [7, 11) is 0. The first-order chi connectivity index (χ1) is 19.3. The highest BCUT2D eigenvalue weighted by atomic mass is 35.5. The summed E-state index contributed by atoms with van der Waals surface area (Å²) < 4.78 is 13.4. The average molecular weight is 638 g/mol. The maximum atomic E-state index is 13.1. The van der Waals surface area contributed by atoms with Crippen LogP contribution in [0.1, 0.15) is 24.2 Å². The molecule has 1 fully saturated rings. The van der Waals surface area contributed by atoms with Gasteiger partial charge in [0.1, 0.15) is 23.3 Å². The third kappa shape index (κ3) is 8.25. The van der Waals surface area contributed by atoms with E-state index in [9.17, 15) is 9.90 Å². The van der Waals surface area contributed by atoms with E-state index in [1.54, 1.807) is 36.4 Å². The molecule has 0 aliphatic carbocycles. The predicted octanol–water partition coefficient (Wildman–Crippen LogP) is 5.30. The zero-order chi connectivity index (χ0) is 28.1. The van der Waals surface area contributed by atoms with Crippen molar-refractivity contribution >= 4 is 64.9 Å². The Morgan fingerprint density at radius 1 is 1.12 bits per heavy atom. The lowest BCUT2D eigenvalue weighted by atomic mass is 10.0.